The second-order valence-corrected chi connectivity index (χ2v) is 13.0. The molecule has 0 radical (unpaired) electrons. The second kappa shape index (κ2) is 22.6. The molecule has 0 unspecified atom stereocenters. The Balaban J connectivity index is 1.79. The quantitative estimate of drug-likeness (QED) is 0.0649. The first-order valence-corrected chi connectivity index (χ1v) is 17.1. The molecule has 1 heterocycles. The number of hydrogen-bond acceptors (Lipinski definition) is 10. The minimum Gasteiger partial charge on any atom is -0.480 e. The molecule has 2 rings (SSSR count). The van der Waals surface area contributed by atoms with Crippen molar-refractivity contribution >= 4 is 52.3 Å². The second-order valence-electron chi connectivity index (χ2n) is 11.8. The maximum atomic E-state index is 12.9. The summed E-state index contributed by atoms with van der Waals surface area (Å²) in [4.78, 5) is 66.2. The smallest absolute Gasteiger partial charge is 0.317 e. The Hall–Kier alpha value is -2.90. The maximum Gasteiger partial charge on any atom is 0.317 e. The summed E-state index contributed by atoms with van der Waals surface area (Å²) in [6.45, 7) is 2.37. The van der Waals surface area contributed by atoms with Gasteiger partial charge in [-0.2, -0.15) is 0 Å². The van der Waals surface area contributed by atoms with Crippen LogP contribution in [0.15, 0.2) is 24.3 Å². The third kappa shape index (κ3) is 19.5. The van der Waals surface area contributed by atoms with E-state index >= 15 is 0 Å². The molecular weight excluding hydrogens is 725 g/mol. The number of nitrogens with two attached hydrogens (primary N) is 1. The molecule has 15 nitrogen and oxygen atoms in total. The molecule has 264 valence electrons. The van der Waals surface area contributed by atoms with Crippen molar-refractivity contribution in [2.45, 2.75) is 44.7 Å². The zero-order chi connectivity index (χ0) is 34.6. The zero-order valence-electron chi connectivity index (χ0n) is 26.9. The van der Waals surface area contributed by atoms with E-state index in [4.69, 9.17) is 5.73 Å². The van der Waals surface area contributed by atoms with Crippen LogP contribution in [0.3, 0.4) is 0 Å². The number of benzene rings is 1. The van der Waals surface area contributed by atoms with Crippen LogP contribution in [0.2, 0.25) is 0 Å². The Morgan fingerprint density at radius 3 is 1.57 bits per heavy atom. The van der Waals surface area contributed by atoms with Crippen LogP contribution in [0.4, 0.5) is 0 Å². The number of nitrogens with zero attached hydrogens (tertiary/aromatic N) is 4. The molecule has 0 aromatic heterocycles. The fourth-order valence-electron chi connectivity index (χ4n) is 5.22. The molecule has 1 saturated heterocycles. The molecule has 0 saturated carbocycles. The standard InChI is InChI=1S/C31H50IN7O8/c32-25-9-7-24(8-10-25)4-3-6-27(40)34-11-2-1-5-26(33)35-28(41)20-36-12-14-37(21-29(42)43)16-18-39(23-31(46)47)19-17-38(15-13-36)22-30(44)45/h7-10,26H,1-6,11-23,33H2,(H,34,40)(H,35,41)(H,42,43)(H,44,45)(H,46,47)/t26-/m0/s1. The van der Waals surface area contributed by atoms with E-state index < -0.39 is 24.1 Å². The number of hydrogen-bond donors (Lipinski definition) is 6. The van der Waals surface area contributed by atoms with E-state index in [0.29, 0.717) is 78.2 Å². The van der Waals surface area contributed by atoms with Gasteiger partial charge in [0.05, 0.1) is 32.3 Å². The molecule has 0 spiro atoms. The van der Waals surface area contributed by atoms with Gasteiger partial charge in [0.15, 0.2) is 0 Å². The number of aryl methyl sites for hydroxylation is 1. The summed E-state index contributed by atoms with van der Waals surface area (Å²) in [5, 5.41) is 33.8. The van der Waals surface area contributed by atoms with E-state index in [-0.39, 0.29) is 38.0 Å². The summed E-state index contributed by atoms with van der Waals surface area (Å²) in [5.74, 6) is -3.33. The Morgan fingerprint density at radius 2 is 1.13 bits per heavy atom. The molecule has 1 atom stereocenters. The lowest BCUT2D eigenvalue weighted by Crippen LogP contribution is -2.51. The molecule has 1 aliphatic rings. The first-order valence-electron chi connectivity index (χ1n) is 16.0. The van der Waals surface area contributed by atoms with Crippen molar-refractivity contribution in [3.05, 3.63) is 33.4 Å². The number of carboxylic acids is 3. The number of nitrogens with one attached hydrogen (secondary N) is 2. The number of carbonyl (C=O) groups is 5. The lowest BCUT2D eigenvalue weighted by Gasteiger charge is -2.33. The van der Waals surface area contributed by atoms with E-state index in [2.05, 4.69) is 57.5 Å². The molecule has 1 aromatic rings. The highest BCUT2D eigenvalue weighted by molar-refractivity contribution is 14.1. The largest absolute Gasteiger partial charge is 0.480 e. The minimum atomic E-state index is -1.02. The number of carbonyl (C=O) groups excluding carboxylic acids is 2. The molecule has 16 heteroatoms. The van der Waals surface area contributed by atoms with E-state index in [1.807, 2.05) is 4.90 Å². The van der Waals surface area contributed by atoms with Crippen LogP contribution in [0.1, 0.15) is 37.7 Å². The molecule has 0 aliphatic carbocycles. The van der Waals surface area contributed by atoms with Gasteiger partial charge in [-0.15, -0.1) is 0 Å². The van der Waals surface area contributed by atoms with Crippen LogP contribution in [-0.2, 0) is 30.4 Å². The van der Waals surface area contributed by atoms with E-state index in [9.17, 15) is 39.3 Å². The van der Waals surface area contributed by atoms with Crippen LogP contribution >= 0.6 is 22.6 Å². The number of halogens is 1. The molecule has 1 fully saturated rings. The van der Waals surface area contributed by atoms with Crippen LogP contribution in [0.25, 0.3) is 0 Å². The third-order valence-corrected chi connectivity index (χ3v) is 8.49. The van der Waals surface area contributed by atoms with Gasteiger partial charge >= 0.3 is 17.9 Å². The van der Waals surface area contributed by atoms with Gasteiger partial charge in [-0.25, -0.2) is 0 Å². The van der Waals surface area contributed by atoms with Gasteiger partial charge in [-0.3, -0.25) is 43.6 Å². The number of rotatable bonds is 18. The van der Waals surface area contributed by atoms with Crippen LogP contribution in [0.5, 0.6) is 0 Å². The highest BCUT2D eigenvalue weighted by atomic mass is 127. The van der Waals surface area contributed by atoms with E-state index in [1.54, 1.807) is 14.7 Å². The summed E-state index contributed by atoms with van der Waals surface area (Å²) in [5.41, 5.74) is 7.37. The molecule has 47 heavy (non-hydrogen) atoms. The van der Waals surface area contributed by atoms with Crippen molar-refractivity contribution in [1.82, 2.24) is 30.2 Å². The Labute approximate surface area is 289 Å². The van der Waals surface area contributed by atoms with Crippen molar-refractivity contribution < 1.29 is 39.3 Å². The Bertz CT molecular complexity index is 1110. The maximum absolute atomic E-state index is 12.9. The predicted molar refractivity (Wildman–Crippen MR) is 184 cm³/mol. The molecule has 1 aliphatic heterocycles. The first kappa shape index (κ1) is 40.3. The van der Waals surface area contributed by atoms with E-state index in [0.717, 1.165) is 19.3 Å². The van der Waals surface area contributed by atoms with Crippen molar-refractivity contribution in [2.24, 2.45) is 5.73 Å². The van der Waals surface area contributed by atoms with E-state index in [1.165, 1.54) is 9.13 Å². The fraction of sp³-hybridized carbons (Fsp3) is 0.645. The average Bonchev–Trinajstić information content (AvgIpc) is 2.98. The van der Waals surface area contributed by atoms with Crippen LogP contribution < -0.4 is 16.4 Å². The third-order valence-electron chi connectivity index (χ3n) is 7.77. The molecule has 1 aromatic carbocycles. The molecule has 7 N–H and O–H groups in total. The van der Waals surface area contributed by atoms with Gasteiger partial charge in [0.1, 0.15) is 0 Å². The van der Waals surface area contributed by atoms with Crippen molar-refractivity contribution in [1.29, 1.82) is 0 Å². The van der Waals surface area contributed by atoms with Gasteiger partial charge in [0.2, 0.25) is 11.8 Å². The zero-order valence-corrected chi connectivity index (χ0v) is 29.1. The molecule has 0 bridgehead atoms. The van der Waals surface area contributed by atoms with Crippen LogP contribution in [0, 0.1) is 3.57 Å². The van der Waals surface area contributed by atoms with Crippen molar-refractivity contribution in [3.63, 3.8) is 0 Å². The number of amides is 2. The lowest BCUT2D eigenvalue weighted by molar-refractivity contribution is -0.140. The normalized spacial score (nSPS) is 16.8. The molecular formula is C31H50IN7O8. The van der Waals surface area contributed by atoms with Gasteiger partial charge in [0, 0.05) is 68.9 Å². The highest BCUT2D eigenvalue weighted by Gasteiger charge is 2.21. The van der Waals surface area contributed by atoms with Crippen LogP contribution in [-0.4, -0.2) is 156 Å². The monoisotopic (exact) mass is 775 g/mol. The minimum absolute atomic E-state index is 0.00106. The highest BCUT2D eigenvalue weighted by Crippen LogP contribution is 2.09. The number of unbranched alkanes of at least 4 members (excludes halogenated alkanes) is 1. The molecule has 2 amide bonds. The summed E-state index contributed by atoms with van der Waals surface area (Å²) in [7, 11) is 0. The Morgan fingerprint density at radius 1 is 0.681 bits per heavy atom. The van der Waals surface area contributed by atoms with Gasteiger partial charge < -0.3 is 31.7 Å². The van der Waals surface area contributed by atoms with Gasteiger partial charge in [-0.05, 0) is 72.4 Å². The average molecular weight is 776 g/mol. The first-order chi connectivity index (χ1) is 22.4. The number of aliphatic carboxylic acids is 3. The van der Waals surface area contributed by atoms with Gasteiger partial charge in [0.25, 0.3) is 0 Å². The van der Waals surface area contributed by atoms with Crippen molar-refractivity contribution in [2.75, 3.05) is 85.1 Å². The topological polar surface area (TPSA) is 209 Å². The van der Waals surface area contributed by atoms with Gasteiger partial charge in [-0.1, -0.05) is 12.1 Å². The summed E-state index contributed by atoms with van der Waals surface area (Å²) < 4.78 is 1.18. The summed E-state index contributed by atoms with van der Waals surface area (Å²) in [6, 6.07) is 8.26. The lowest BCUT2D eigenvalue weighted by atomic mass is 10.1. The fourth-order valence-corrected chi connectivity index (χ4v) is 5.58. The SMILES string of the molecule is N[C@H](CCCCNC(=O)CCCc1ccc(I)cc1)NC(=O)CN1CCN(CC(=O)O)CCN(CC(=O)O)CCN(CC(=O)O)CC1. The Kier molecular flexibility index (Phi) is 19.4. The summed E-state index contributed by atoms with van der Waals surface area (Å²) in [6.07, 6.45) is 3.48. The van der Waals surface area contributed by atoms with Crippen molar-refractivity contribution in [3.8, 4) is 0 Å². The summed E-state index contributed by atoms with van der Waals surface area (Å²) >= 11 is 2.26. The number of carboxylic acid groups (broad SMARTS) is 3. The predicted octanol–water partition coefficient (Wildman–Crippen LogP) is -0.223.